The van der Waals surface area contributed by atoms with E-state index in [9.17, 15) is 78.1 Å². The van der Waals surface area contributed by atoms with E-state index in [1.54, 1.807) is 0 Å². The molecule has 0 spiro atoms. The normalized spacial score (nSPS) is 31.8. The molecule has 14 N–H and O–H groups in total. The fraction of sp³-hybridized carbons (Fsp3) is 0.872. The highest BCUT2D eigenvalue weighted by Gasteiger charge is 2.55. The first kappa shape index (κ1) is 67.1. The van der Waals surface area contributed by atoms with Gasteiger partial charge in [0.2, 0.25) is 23.6 Å². The second kappa shape index (κ2) is 34.1. The second-order valence-electron chi connectivity index (χ2n) is 19.1. The first-order chi connectivity index (χ1) is 36.0. The van der Waals surface area contributed by atoms with Gasteiger partial charge < -0.3 is 100 Å². The van der Waals surface area contributed by atoms with Crippen molar-refractivity contribution in [2.24, 2.45) is 0 Å². The molecule has 442 valence electrons. The van der Waals surface area contributed by atoms with E-state index in [1.165, 1.54) is 32.6 Å². The largest absolute Gasteiger partial charge is 0.397 e. The fourth-order valence-corrected chi connectivity index (χ4v) is 9.22. The van der Waals surface area contributed by atoms with Crippen LogP contribution in [0.3, 0.4) is 0 Å². The number of allylic oxidation sites excluding steroid dienone is 2. The Bertz CT molecular complexity index is 1870. The van der Waals surface area contributed by atoms with Crippen LogP contribution in [0.5, 0.6) is 0 Å². The maximum atomic E-state index is 13.2. The third-order valence-corrected chi connectivity index (χ3v) is 13.3. The molecule has 3 aliphatic rings. The Morgan fingerprint density at radius 1 is 0.645 bits per heavy atom. The molecular weight excluding hydrogens is 1040 g/mol. The van der Waals surface area contributed by atoms with E-state index in [4.69, 9.17) is 33.2 Å². The molecule has 0 aromatic heterocycles. The molecule has 3 rings (SSSR count). The minimum absolute atomic E-state index is 0.0483. The number of aliphatic hydroxyl groups is 9. The van der Waals surface area contributed by atoms with Crippen molar-refractivity contribution in [3.63, 3.8) is 0 Å². The lowest BCUT2D eigenvalue weighted by Gasteiger charge is -2.50. The summed E-state index contributed by atoms with van der Waals surface area (Å²) >= 11 is 0. The predicted octanol–water partition coefficient (Wildman–Crippen LogP) is -3.47. The SMILES string of the molecule is CCCCCC/C=C\CCCCCCCC(=O)N[C@@H](CO)C(OC1C(CO)OC(OC2C(CO)OC(OC3C(COS(=O)(=O)O)OC(O)C(NC(C)=O)C3O)C(NC(C)=O)C2O)C(NC(C)=O)C1O)OC(CO)[C@H](C)O. The van der Waals surface area contributed by atoms with Crippen molar-refractivity contribution in [2.75, 3.05) is 33.0 Å². The number of hydrogen-bond donors (Lipinski definition) is 14. The van der Waals surface area contributed by atoms with Crippen LogP contribution in [0.15, 0.2) is 12.2 Å². The number of hydrogen-bond acceptors (Lipinski definition) is 23. The fourth-order valence-electron chi connectivity index (χ4n) is 8.91. The number of aliphatic hydroxyl groups excluding tert-OH is 9. The van der Waals surface area contributed by atoms with Crippen LogP contribution in [0.2, 0.25) is 0 Å². The molecule has 4 amide bonds. The van der Waals surface area contributed by atoms with Gasteiger partial charge in [-0.05, 0) is 39.0 Å². The van der Waals surface area contributed by atoms with Crippen molar-refractivity contribution >= 4 is 34.0 Å². The molecule has 0 radical (unpaired) electrons. The minimum atomic E-state index is -5.15. The quantitative estimate of drug-likeness (QED) is 0.0129. The van der Waals surface area contributed by atoms with E-state index in [-0.39, 0.29) is 6.42 Å². The predicted molar refractivity (Wildman–Crippen MR) is 262 cm³/mol. The van der Waals surface area contributed by atoms with E-state index in [1.807, 2.05) is 0 Å². The van der Waals surface area contributed by atoms with Crippen LogP contribution in [-0.4, -0.2) is 232 Å². The van der Waals surface area contributed by atoms with Gasteiger partial charge in [0.05, 0.1) is 39.1 Å². The summed E-state index contributed by atoms with van der Waals surface area (Å²) in [5.41, 5.74) is 0. The van der Waals surface area contributed by atoms with Crippen LogP contribution in [0.1, 0.15) is 112 Å². The first-order valence-electron chi connectivity index (χ1n) is 25.8. The first-order valence-corrected chi connectivity index (χ1v) is 27.2. The van der Waals surface area contributed by atoms with E-state index >= 15 is 0 Å². The van der Waals surface area contributed by atoms with Gasteiger partial charge in [-0.15, -0.1) is 0 Å². The van der Waals surface area contributed by atoms with Gasteiger partial charge in [0.25, 0.3) is 0 Å². The lowest BCUT2D eigenvalue weighted by atomic mass is 9.93. The van der Waals surface area contributed by atoms with Gasteiger partial charge in [0, 0.05) is 27.2 Å². The summed E-state index contributed by atoms with van der Waals surface area (Å²) in [6.45, 7) is 1.88. The van der Waals surface area contributed by atoms with Gasteiger partial charge in [0.15, 0.2) is 25.2 Å². The summed E-state index contributed by atoms with van der Waals surface area (Å²) in [5.74, 6) is -2.89. The topological polar surface area (TPSA) is 427 Å². The van der Waals surface area contributed by atoms with Crippen LogP contribution in [-0.2, 0) is 66.9 Å². The Kier molecular flexibility index (Phi) is 30.1. The Balaban J connectivity index is 1.85. The van der Waals surface area contributed by atoms with Gasteiger partial charge in [0.1, 0.15) is 85.2 Å². The summed E-state index contributed by atoms with van der Waals surface area (Å²) in [6.07, 6.45) is -11.3. The molecule has 19 atom stereocenters. The molecule has 3 saturated heterocycles. The van der Waals surface area contributed by atoms with Gasteiger partial charge in [-0.25, -0.2) is 4.18 Å². The summed E-state index contributed by atoms with van der Waals surface area (Å²) in [5, 5.41) is 108. The Labute approximate surface area is 443 Å². The highest BCUT2D eigenvalue weighted by molar-refractivity contribution is 7.80. The summed E-state index contributed by atoms with van der Waals surface area (Å²) in [7, 11) is -5.15. The van der Waals surface area contributed by atoms with Gasteiger partial charge in [-0.2, -0.15) is 8.42 Å². The van der Waals surface area contributed by atoms with Crippen LogP contribution in [0.25, 0.3) is 0 Å². The number of carbonyl (C=O) groups excluding carboxylic acids is 4. The number of ether oxygens (including phenoxy) is 7. The molecule has 28 nitrogen and oxygen atoms in total. The minimum Gasteiger partial charge on any atom is -0.394 e. The number of nitrogens with one attached hydrogen (secondary N) is 4. The molecule has 3 aliphatic heterocycles. The van der Waals surface area contributed by atoms with Gasteiger partial charge >= 0.3 is 10.4 Å². The lowest BCUT2D eigenvalue weighted by Crippen LogP contribution is -2.71. The maximum Gasteiger partial charge on any atom is 0.397 e. The summed E-state index contributed by atoms with van der Waals surface area (Å²) in [6, 6.07) is -6.50. The molecule has 0 aromatic rings. The highest BCUT2D eigenvalue weighted by Crippen LogP contribution is 2.34. The van der Waals surface area contributed by atoms with Crippen LogP contribution in [0, 0.1) is 0 Å². The molecular formula is C47H84N4O24S. The molecule has 29 heteroatoms. The van der Waals surface area contributed by atoms with E-state index in [2.05, 4.69) is 44.5 Å². The zero-order chi connectivity index (χ0) is 56.7. The van der Waals surface area contributed by atoms with Crippen molar-refractivity contribution in [3.05, 3.63) is 12.2 Å². The number of carbonyl (C=O) groups is 4. The maximum absolute atomic E-state index is 13.2. The molecule has 0 saturated carbocycles. The Morgan fingerprint density at radius 3 is 1.61 bits per heavy atom. The van der Waals surface area contributed by atoms with Gasteiger partial charge in [-0.1, -0.05) is 57.6 Å². The average molecular weight is 1120 g/mol. The molecule has 3 fully saturated rings. The molecule has 0 bridgehead atoms. The highest BCUT2D eigenvalue weighted by atomic mass is 32.3. The van der Waals surface area contributed by atoms with Crippen molar-refractivity contribution in [3.8, 4) is 0 Å². The monoisotopic (exact) mass is 1120 g/mol. The van der Waals surface area contributed by atoms with Gasteiger partial charge in [-0.3, -0.25) is 23.7 Å². The van der Waals surface area contributed by atoms with Crippen LogP contribution < -0.4 is 21.3 Å². The zero-order valence-corrected chi connectivity index (χ0v) is 44.6. The third kappa shape index (κ3) is 21.8. The number of unbranched alkanes of at least 4 members (excludes halogenated alkanes) is 9. The molecule has 76 heavy (non-hydrogen) atoms. The summed E-state index contributed by atoms with van der Waals surface area (Å²) in [4.78, 5) is 50.5. The Hall–Kier alpha value is -3.15. The van der Waals surface area contributed by atoms with E-state index in [0.717, 1.165) is 59.3 Å². The van der Waals surface area contributed by atoms with Crippen LogP contribution in [0.4, 0.5) is 0 Å². The number of amides is 4. The van der Waals surface area contributed by atoms with Crippen LogP contribution >= 0.6 is 0 Å². The molecule has 17 unspecified atom stereocenters. The smallest absolute Gasteiger partial charge is 0.394 e. The zero-order valence-electron chi connectivity index (χ0n) is 43.7. The molecule has 0 aliphatic carbocycles. The average Bonchev–Trinajstić information content (AvgIpc) is 3.35. The van der Waals surface area contributed by atoms with Crippen molar-refractivity contribution in [1.29, 1.82) is 0 Å². The van der Waals surface area contributed by atoms with E-state index < -0.39 is 184 Å². The Morgan fingerprint density at radius 2 is 1.12 bits per heavy atom. The van der Waals surface area contributed by atoms with Crippen molar-refractivity contribution < 1.29 is 115 Å². The standard InChI is InChI=1S/C47H84N4O24S/c1-6-7-8-9-10-11-12-13-14-15-16-17-18-19-34(60)51-29(20-52)45(70-30(21-53)25(2)56)73-41-31(22-54)71-46(36(39(41)62)49-27(4)58)74-42-32(23-55)72-47(37(40(42)63)50-28(5)59)75-43-33(24-68-76(65,66)67)69-44(64)35(38(43)61)48-26(3)57/h11-12,25,29-33,35-47,52-56,61-64H,6-10,13-24H2,1-5H3,(H,48,57)(H,49,58)(H,50,59)(H,51,60)(H,65,66,67)/b12-11-/t25-,29-,30?,31?,32?,33?,35?,36?,37?,38?,39?,40?,41?,42?,43?,44?,45?,46?,47?/m0/s1. The lowest BCUT2D eigenvalue weighted by molar-refractivity contribution is -0.358. The summed E-state index contributed by atoms with van der Waals surface area (Å²) < 4.78 is 78.0. The second-order valence-corrected chi connectivity index (χ2v) is 20.2. The molecule has 3 heterocycles. The van der Waals surface area contributed by atoms with E-state index in [0.29, 0.717) is 6.42 Å². The molecule has 0 aromatic carbocycles. The third-order valence-electron chi connectivity index (χ3n) is 12.8. The number of rotatable bonds is 34. The van der Waals surface area contributed by atoms with Crippen molar-refractivity contribution in [1.82, 2.24) is 21.3 Å². The van der Waals surface area contributed by atoms with Crippen molar-refractivity contribution in [2.45, 2.75) is 228 Å².